The molecule has 0 radical (unpaired) electrons. The number of nitrogens with two attached hydrogens (primary N) is 1. The molecule has 140 valence electrons. The summed E-state index contributed by atoms with van der Waals surface area (Å²) in [6.45, 7) is 2.11. The smallest absolute Gasteiger partial charge is 0.339 e. The quantitative estimate of drug-likeness (QED) is 0.477. The number of pyridine rings is 1. The molecule has 5 N–H and O–H groups in total. The van der Waals surface area contributed by atoms with Gasteiger partial charge in [-0.15, -0.1) is 11.3 Å². The van der Waals surface area contributed by atoms with E-state index in [0.717, 1.165) is 30.3 Å². The van der Waals surface area contributed by atoms with Gasteiger partial charge in [0.25, 0.3) is 5.91 Å². The van der Waals surface area contributed by atoms with Gasteiger partial charge in [-0.05, 0) is 43.2 Å². The van der Waals surface area contributed by atoms with E-state index in [1.54, 1.807) is 0 Å². The molecule has 0 saturated carbocycles. The standard InChI is InChI=1S/C19H19N3O4S/c1-2-3-4-10-5-7-12-15(20)16(27-18(12)22-10)17(24)21-11-6-8-14(23)13(9-11)19(25)26/h5-9,23H,2-4,20H2,1H3,(H,21,24)(H,25,26). The Morgan fingerprint density at radius 2 is 2.04 bits per heavy atom. The molecule has 7 nitrogen and oxygen atoms in total. The molecule has 2 heterocycles. The van der Waals surface area contributed by atoms with Gasteiger partial charge < -0.3 is 21.3 Å². The topological polar surface area (TPSA) is 126 Å². The second-order valence-electron chi connectivity index (χ2n) is 6.09. The van der Waals surface area contributed by atoms with Gasteiger partial charge in [-0.25, -0.2) is 9.78 Å². The van der Waals surface area contributed by atoms with Gasteiger partial charge in [0.1, 0.15) is 21.0 Å². The number of fused-ring (bicyclic) bond motifs is 1. The lowest BCUT2D eigenvalue weighted by atomic mass is 10.1. The van der Waals surface area contributed by atoms with Crippen LogP contribution in [0.25, 0.3) is 10.2 Å². The van der Waals surface area contributed by atoms with Crippen LogP contribution in [-0.2, 0) is 6.42 Å². The first-order chi connectivity index (χ1) is 12.9. The number of aromatic hydroxyl groups is 1. The number of aromatic carboxylic acids is 1. The number of thiophene rings is 1. The number of anilines is 2. The molecule has 3 aromatic rings. The van der Waals surface area contributed by atoms with Gasteiger partial charge in [-0.1, -0.05) is 13.3 Å². The third-order valence-corrected chi connectivity index (χ3v) is 5.24. The third kappa shape index (κ3) is 3.85. The van der Waals surface area contributed by atoms with Crippen molar-refractivity contribution in [1.29, 1.82) is 0 Å². The van der Waals surface area contributed by atoms with Crippen molar-refractivity contribution in [2.24, 2.45) is 0 Å². The molecule has 1 aromatic carbocycles. The van der Waals surface area contributed by atoms with Crippen LogP contribution in [0.15, 0.2) is 30.3 Å². The molecule has 0 bridgehead atoms. The molecule has 8 heteroatoms. The van der Waals surface area contributed by atoms with E-state index in [9.17, 15) is 14.7 Å². The van der Waals surface area contributed by atoms with E-state index in [2.05, 4.69) is 17.2 Å². The van der Waals surface area contributed by atoms with Gasteiger partial charge in [-0.3, -0.25) is 4.79 Å². The van der Waals surface area contributed by atoms with Gasteiger partial charge in [-0.2, -0.15) is 0 Å². The van der Waals surface area contributed by atoms with Gasteiger partial charge >= 0.3 is 5.97 Å². The van der Waals surface area contributed by atoms with Gasteiger partial charge in [0.15, 0.2) is 0 Å². The zero-order valence-electron chi connectivity index (χ0n) is 14.7. The number of carbonyl (C=O) groups excluding carboxylic acids is 1. The molecular formula is C19H19N3O4S. The fourth-order valence-corrected chi connectivity index (χ4v) is 3.68. The lowest BCUT2D eigenvalue weighted by molar-refractivity contribution is 0.0693. The number of hydrogen-bond donors (Lipinski definition) is 4. The maximum absolute atomic E-state index is 12.6. The van der Waals surface area contributed by atoms with Crippen molar-refractivity contribution in [3.05, 3.63) is 46.5 Å². The molecule has 2 aromatic heterocycles. The summed E-state index contributed by atoms with van der Waals surface area (Å²) in [7, 11) is 0. The van der Waals surface area contributed by atoms with Crippen LogP contribution in [0.3, 0.4) is 0 Å². The average Bonchev–Trinajstić information content (AvgIpc) is 2.97. The third-order valence-electron chi connectivity index (χ3n) is 4.13. The number of carbonyl (C=O) groups is 2. The number of carboxylic acids is 1. The zero-order chi connectivity index (χ0) is 19.6. The Hall–Kier alpha value is -3.13. The minimum Gasteiger partial charge on any atom is -0.507 e. The Balaban J connectivity index is 1.88. The zero-order valence-corrected chi connectivity index (χ0v) is 15.5. The first-order valence-corrected chi connectivity index (χ1v) is 9.28. The van der Waals surface area contributed by atoms with Crippen LogP contribution in [-0.4, -0.2) is 27.1 Å². The molecule has 0 aliphatic heterocycles. The number of phenols is 1. The highest BCUT2D eigenvalue weighted by Gasteiger charge is 2.19. The molecule has 1 amide bonds. The Morgan fingerprint density at radius 1 is 1.26 bits per heavy atom. The van der Waals surface area contributed by atoms with E-state index in [4.69, 9.17) is 10.8 Å². The van der Waals surface area contributed by atoms with E-state index in [1.165, 1.54) is 29.5 Å². The molecule has 0 unspecified atom stereocenters. The minimum absolute atomic E-state index is 0.253. The van der Waals surface area contributed by atoms with Crippen molar-refractivity contribution >= 4 is 44.8 Å². The second-order valence-corrected chi connectivity index (χ2v) is 7.09. The molecule has 0 fully saturated rings. The van der Waals surface area contributed by atoms with Gasteiger partial charge in [0.05, 0.1) is 5.69 Å². The van der Waals surface area contributed by atoms with E-state index in [1.807, 2.05) is 12.1 Å². The Morgan fingerprint density at radius 3 is 2.74 bits per heavy atom. The molecule has 27 heavy (non-hydrogen) atoms. The summed E-state index contributed by atoms with van der Waals surface area (Å²) < 4.78 is 0. The number of aryl methyl sites for hydroxylation is 1. The fraction of sp³-hybridized carbons (Fsp3) is 0.211. The largest absolute Gasteiger partial charge is 0.507 e. The summed E-state index contributed by atoms with van der Waals surface area (Å²) in [5.74, 6) is -2.10. The van der Waals surface area contributed by atoms with Crippen molar-refractivity contribution in [1.82, 2.24) is 4.98 Å². The molecule has 0 aliphatic carbocycles. The molecule has 0 atom stereocenters. The number of hydrogen-bond acceptors (Lipinski definition) is 6. The second kappa shape index (κ2) is 7.63. The number of nitrogen functional groups attached to an aromatic ring is 1. The molecular weight excluding hydrogens is 366 g/mol. The molecule has 0 spiro atoms. The van der Waals surface area contributed by atoms with Crippen LogP contribution in [0.2, 0.25) is 0 Å². The average molecular weight is 385 g/mol. The molecule has 0 saturated heterocycles. The lowest BCUT2D eigenvalue weighted by Gasteiger charge is -2.06. The Labute approximate surface area is 159 Å². The van der Waals surface area contributed by atoms with Crippen molar-refractivity contribution in [2.45, 2.75) is 26.2 Å². The summed E-state index contributed by atoms with van der Waals surface area (Å²) in [5, 5.41) is 22.0. The molecule has 0 aliphatic rings. The summed E-state index contributed by atoms with van der Waals surface area (Å²) in [4.78, 5) is 29.3. The lowest BCUT2D eigenvalue weighted by Crippen LogP contribution is -2.12. The highest BCUT2D eigenvalue weighted by molar-refractivity contribution is 7.21. The van der Waals surface area contributed by atoms with Gasteiger partial charge in [0.2, 0.25) is 0 Å². The fourth-order valence-electron chi connectivity index (χ4n) is 2.67. The summed E-state index contributed by atoms with van der Waals surface area (Å²) in [5.41, 5.74) is 7.39. The van der Waals surface area contributed by atoms with Crippen LogP contribution in [0.1, 0.15) is 45.5 Å². The number of aromatic nitrogens is 1. The Kier molecular flexibility index (Phi) is 5.27. The SMILES string of the molecule is CCCCc1ccc2c(N)c(C(=O)Nc3ccc(O)c(C(=O)O)c3)sc2n1. The van der Waals surface area contributed by atoms with Crippen molar-refractivity contribution in [3.63, 3.8) is 0 Å². The number of unbranched alkanes of at least 4 members (excludes halogenated alkanes) is 1. The first-order valence-electron chi connectivity index (χ1n) is 8.46. The minimum atomic E-state index is -1.28. The highest BCUT2D eigenvalue weighted by atomic mass is 32.1. The Bertz CT molecular complexity index is 1030. The maximum atomic E-state index is 12.6. The van der Waals surface area contributed by atoms with Crippen LogP contribution >= 0.6 is 11.3 Å². The van der Waals surface area contributed by atoms with Crippen LogP contribution in [0.5, 0.6) is 5.75 Å². The van der Waals surface area contributed by atoms with Crippen molar-refractivity contribution in [3.8, 4) is 5.75 Å². The van der Waals surface area contributed by atoms with Crippen molar-refractivity contribution in [2.75, 3.05) is 11.1 Å². The number of rotatable bonds is 6. The van der Waals surface area contributed by atoms with E-state index >= 15 is 0 Å². The van der Waals surface area contributed by atoms with Crippen LogP contribution < -0.4 is 11.1 Å². The van der Waals surface area contributed by atoms with E-state index in [-0.39, 0.29) is 17.0 Å². The summed E-state index contributed by atoms with van der Waals surface area (Å²) >= 11 is 1.20. The monoisotopic (exact) mass is 385 g/mol. The number of nitrogens with one attached hydrogen (secondary N) is 1. The highest BCUT2D eigenvalue weighted by Crippen LogP contribution is 2.33. The van der Waals surface area contributed by atoms with E-state index in [0.29, 0.717) is 15.4 Å². The van der Waals surface area contributed by atoms with Crippen LogP contribution in [0, 0.1) is 0 Å². The summed E-state index contributed by atoms with van der Waals surface area (Å²) in [6, 6.07) is 7.63. The van der Waals surface area contributed by atoms with Crippen molar-refractivity contribution < 1.29 is 19.8 Å². The number of nitrogens with zero attached hydrogens (tertiary/aromatic N) is 1. The number of carboxylic acid groups (broad SMARTS) is 1. The van der Waals surface area contributed by atoms with E-state index < -0.39 is 11.9 Å². The number of amides is 1. The maximum Gasteiger partial charge on any atom is 0.339 e. The first kappa shape index (κ1) is 18.7. The summed E-state index contributed by atoms with van der Waals surface area (Å²) in [6.07, 6.45) is 2.99. The normalized spacial score (nSPS) is 10.9. The predicted octanol–water partition coefficient (Wildman–Crippen LogP) is 3.88. The number of benzene rings is 1. The van der Waals surface area contributed by atoms with Crippen LogP contribution in [0.4, 0.5) is 11.4 Å². The molecule has 3 rings (SSSR count). The van der Waals surface area contributed by atoms with Gasteiger partial charge in [0, 0.05) is 16.8 Å². The predicted molar refractivity (Wildman–Crippen MR) is 106 cm³/mol.